The van der Waals surface area contributed by atoms with Crippen molar-refractivity contribution >= 4 is 17.9 Å². The molecule has 0 aromatic heterocycles. The highest BCUT2D eigenvalue weighted by Gasteiger charge is 2.41. The fraction of sp³-hybridized carbons (Fsp3) is 0.462. The van der Waals surface area contributed by atoms with Crippen molar-refractivity contribution in [3.63, 3.8) is 0 Å². The highest BCUT2D eigenvalue weighted by molar-refractivity contribution is 5.91. The molecule has 0 N–H and O–H groups in total. The normalized spacial score (nSPS) is 16.9. The summed E-state index contributed by atoms with van der Waals surface area (Å²) in [6, 6.07) is 12.9. The molecule has 2 unspecified atom stereocenters. The van der Waals surface area contributed by atoms with Crippen LogP contribution in [0.15, 0.2) is 42.5 Å². The fourth-order valence-electron chi connectivity index (χ4n) is 4.42. The van der Waals surface area contributed by atoms with Gasteiger partial charge in [0.2, 0.25) is 0 Å². The molecule has 184 valence electrons. The van der Waals surface area contributed by atoms with Crippen molar-refractivity contribution < 1.29 is 28.5 Å². The molecule has 3 rings (SSSR count). The summed E-state index contributed by atoms with van der Waals surface area (Å²) >= 11 is 0. The lowest BCUT2D eigenvalue weighted by atomic mass is 9.88. The molecule has 2 amide bonds. The largest absolute Gasteiger partial charge is 0.493 e. The number of anilines is 1. The molecule has 0 fully saturated rings. The molecule has 0 radical (unpaired) electrons. The van der Waals surface area contributed by atoms with Crippen LogP contribution < -0.4 is 14.4 Å². The van der Waals surface area contributed by atoms with E-state index in [0.29, 0.717) is 36.6 Å². The predicted octanol–water partition coefficient (Wildman–Crippen LogP) is 5.55. The summed E-state index contributed by atoms with van der Waals surface area (Å²) < 4.78 is 21.9. The Morgan fingerprint density at radius 2 is 1.62 bits per heavy atom. The van der Waals surface area contributed by atoms with Crippen molar-refractivity contribution in [2.24, 2.45) is 0 Å². The Balaban J connectivity index is 2.17. The second-order valence-corrected chi connectivity index (χ2v) is 7.96. The van der Waals surface area contributed by atoms with Crippen molar-refractivity contribution in [2.75, 3.05) is 32.3 Å². The minimum atomic E-state index is -0.424. The van der Waals surface area contributed by atoms with Gasteiger partial charge in [0.15, 0.2) is 11.5 Å². The van der Waals surface area contributed by atoms with Crippen LogP contribution in [0.1, 0.15) is 50.8 Å². The fourth-order valence-corrected chi connectivity index (χ4v) is 4.42. The van der Waals surface area contributed by atoms with E-state index < -0.39 is 12.2 Å². The van der Waals surface area contributed by atoms with E-state index in [2.05, 4.69) is 0 Å². The molecule has 8 heteroatoms. The van der Waals surface area contributed by atoms with Crippen molar-refractivity contribution in [2.45, 2.75) is 52.2 Å². The van der Waals surface area contributed by atoms with Gasteiger partial charge in [0, 0.05) is 24.2 Å². The van der Waals surface area contributed by atoms with E-state index in [0.717, 1.165) is 11.1 Å². The first kappa shape index (κ1) is 25.2. The highest BCUT2D eigenvalue weighted by Crippen LogP contribution is 2.47. The second-order valence-electron chi connectivity index (χ2n) is 7.96. The van der Waals surface area contributed by atoms with Gasteiger partial charge in [-0.2, -0.15) is 0 Å². The monoisotopic (exact) mass is 470 g/mol. The summed E-state index contributed by atoms with van der Waals surface area (Å²) in [5.74, 6) is 1.02. The van der Waals surface area contributed by atoms with Crippen molar-refractivity contribution in [1.82, 2.24) is 4.90 Å². The number of ether oxygens (including phenoxy) is 4. The SMILES string of the molecule is CCOC(=O)N(Cc1ccccc1)C1CC(CC)N(C(=O)OCC)c2cc(OC)c(OC)cc21. The molecule has 1 heterocycles. The zero-order valence-corrected chi connectivity index (χ0v) is 20.6. The molecule has 1 aliphatic heterocycles. The van der Waals surface area contributed by atoms with Crippen molar-refractivity contribution in [3.8, 4) is 11.5 Å². The van der Waals surface area contributed by atoms with Crippen LogP contribution in [0, 0.1) is 0 Å². The first-order chi connectivity index (χ1) is 16.5. The van der Waals surface area contributed by atoms with Crippen LogP contribution >= 0.6 is 0 Å². The summed E-state index contributed by atoms with van der Waals surface area (Å²) in [6.45, 7) is 6.49. The maximum absolute atomic E-state index is 13.2. The van der Waals surface area contributed by atoms with Crippen LogP contribution in [0.5, 0.6) is 11.5 Å². The standard InChI is InChI=1S/C26H34N2O6/c1-6-19-14-21(27(25(29)33-7-2)17-18-12-10-9-11-13-18)20-15-23(31-4)24(32-5)16-22(20)28(19)26(30)34-8-3/h9-13,15-16,19,21H,6-8,14,17H2,1-5H3. The summed E-state index contributed by atoms with van der Waals surface area (Å²) in [4.78, 5) is 29.6. The number of carbonyl (C=O) groups is 2. The molecule has 0 saturated heterocycles. The average molecular weight is 471 g/mol. The zero-order chi connectivity index (χ0) is 24.7. The summed E-state index contributed by atoms with van der Waals surface area (Å²) in [7, 11) is 3.12. The quantitative estimate of drug-likeness (QED) is 0.503. The van der Waals surface area contributed by atoms with Crippen molar-refractivity contribution in [1.29, 1.82) is 0 Å². The number of rotatable bonds is 8. The van der Waals surface area contributed by atoms with Crippen LogP contribution in [0.25, 0.3) is 0 Å². The van der Waals surface area contributed by atoms with Gasteiger partial charge in [0.05, 0.1) is 39.2 Å². The molecule has 34 heavy (non-hydrogen) atoms. The lowest BCUT2D eigenvalue weighted by Gasteiger charge is -2.43. The van der Waals surface area contributed by atoms with Gasteiger partial charge in [-0.15, -0.1) is 0 Å². The molecule has 0 saturated carbocycles. The molecule has 2 aromatic carbocycles. The highest BCUT2D eigenvalue weighted by atomic mass is 16.6. The number of hydrogen-bond acceptors (Lipinski definition) is 6. The Morgan fingerprint density at radius 1 is 0.971 bits per heavy atom. The molecular weight excluding hydrogens is 436 g/mol. The van der Waals surface area contributed by atoms with Gasteiger partial charge in [-0.3, -0.25) is 9.80 Å². The maximum Gasteiger partial charge on any atom is 0.414 e. The van der Waals surface area contributed by atoms with Gasteiger partial charge in [-0.25, -0.2) is 9.59 Å². The zero-order valence-electron chi connectivity index (χ0n) is 20.6. The average Bonchev–Trinajstić information content (AvgIpc) is 2.86. The summed E-state index contributed by atoms with van der Waals surface area (Å²) in [5, 5.41) is 0. The summed E-state index contributed by atoms with van der Waals surface area (Å²) in [6.07, 6.45) is 0.387. The first-order valence-electron chi connectivity index (χ1n) is 11.7. The molecule has 2 aromatic rings. The number of amides is 2. The molecule has 0 spiro atoms. The van der Waals surface area contributed by atoms with E-state index >= 15 is 0 Å². The maximum atomic E-state index is 13.2. The van der Waals surface area contributed by atoms with Crippen LogP contribution in [0.2, 0.25) is 0 Å². The number of carbonyl (C=O) groups excluding carboxylic acids is 2. The predicted molar refractivity (Wildman–Crippen MR) is 129 cm³/mol. The number of hydrogen-bond donors (Lipinski definition) is 0. The van der Waals surface area contributed by atoms with E-state index in [4.69, 9.17) is 18.9 Å². The number of methoxy groups -OCH3 is 2. The van der Waals surface area contributed by atoms with Crippen LogP contribution in [-0.2, 0) is 16.0 Å². The van der Waals surface area contributed by atoms with Gasteiger partial charge < -0.3 is 18.9 Å². The third-order valence-corrected chi connectivity index (χ3v) is 6.02. The topological polar surface area (TPSA) is 77.5 Å². The van der Waals surface area contributed by atoms with Crippen molar-refractivity contribution in [3.05, 3.63) is 53.6 Å². The lowest BCUT2D eigenvalue weighted by Crippen LogP contribution is -2.48. The Labute approximate surface area is 201 Å². The Kier molecular flexibility index (Phi) is 8.62. The van der Waals surface area contributed by atoms with Gasteiger partial charge >= 0.3 is 12.2 Å². The Morgan fingerprint density at radius 3 is 2.21 bits per heavy atom. The molecule has 0 aliphatic carbocycles. The van der Waals surface area contributed by atoms with E-state index in [9.17, 15) is 9.59 Å². The molecule has 8 nitrogen and oxygen atoms in total. The first-order valence-corrected chi connectivity index (χ1v) is 11.7. The number of benzene rings is 2. The third kappa shape index (κ3) is 5.21. The molecule has 1 aliphatic rings. The van der Waals surface area contributed by atoms with Gasteiger partial charge in [0.25, 0.3) is 0 Å². The van der Waals surface area contributed by atoms with Gasteiger partial charge in [-0.1, -0.05) is 37.3 Å². The van der Waals surface area contributed by atoms with Crippen LogP contribution in [0.4, 0.5) is 15.3 Å². The van der Waals surface area contributed by atoms with E-state index in [1.165, 1.54) is 0 Å². The lowest BCUT2D eigenvalue weighted by molar-refractivity contribution is 0.0802. The van der Waals surface area contributed by atoms with Gasteiger partial charge in [0.1, 0.15) is 0 Å². The second kappa shape index (κ2) is 11.6. The van der Waals surface area contributed by atoms with E-state index in [1.807, 2.05) is 43.3 Å². The molecule has 0 bridgehead atoms. The number of fused-ring (bicyclic) bond motifs is 1. The third-order valence-electron chi connectivity index (χ3n) is 6.02. The Bertz CT molecular complexity index is 981. The molecular formula is C26H34N2O6. The van der Waals surface area contributed by atoms with Crippen LogP contribution in [-0.4, -0.2) is 50.6 Å². The Hall–Kier alpha value is -3.42. The minimum Gasteiger partial charge on any atom is -0.493 e. The minimum absolute atomic E-state index is 0.178. The smallest absolute Gasteiger partial charge is 0.414 e. The molecule has 2 atom stereocenters. The number of nitrogens with zero attached hydrogens (tertiary/aromatic N) is 2. The summed E-state index contributed by atoms with van der Waals surface area (Å²) in [5.41, 5.74) is 2.40. The van der Waals surface area contributed by atoms with E-state index in [-0.39, 0.29) is 25.3 Å². The van der Waals surface area contributed by atoms with E-state index in [1.54, 1.807) is 43.9 Å². The van der Waals surface area contributed by atoms with Gasteiger partial charge in [-0.05, 0) is 38.3 Å². The van der Waals surface area contributed by atoms with Crippen LogP contribution in [0.3, 0.4) is 0 Å².